The van der Waals surface area contributed by atoms with Crippen molar-refractivity contribution in [3.63, 3.8) is 0 Å². The number of aliphatic carboxylic acids is 1. The van der Waals surface area contributed by atoms with Crippen LogP contribution in [0.4, 0.5) is 0 Å². The number of hydrogen-bond donors (Lipinski definition) is 3. The molecular weight excluding hydrogens is 200 g/mol. The molecule has 0 unspecified atom stereocenters. The summed E-state index contributed by atoms with van der Waals surface area (Å²) >= 11 is 0. The molecule has 0 aromatic carbocycles. The number of carboxylic acid groups (broad SMARTS) is 1. The molecule has 0 bridgehead atoms. The van der Waals surface area contributed by atoms with Gasteiger partial charge in [0.15, 0.2) is 6.61 Å². The Morgan fingerprint density at radius 1 is 1.54 bits per heavy atom. The minimum Gasteiger partial charge on any atom is -0.479 e. The van der Waals surface area contributed by atoms with Crippen molar-refractivity contribution < 1.29 is 23.2 Å². The third kappa shape index (κ3) is 7.65. The lowest BCUT2D eigenvalue weighted by atomic mass is 10.4. The van der Waals surface area contributed by atoms with Crippen molar-refractivity contribution in [3.05, 3.63) is 0 Å². The van der Waals surface area contributed by atoms with Gasteiger partial charge in [0, 0.05) is 6.04 Å². The van der Waals surface area contributed by atoms with Crippen LogP contribution < -0.4 is 9.61 Å². The van der Waals surface area contributed by atoms with Crippen molar-refractivity contribution in [2.24, 2.45) is 0 Å². The van der Waals surface area contributed by atoms with Crippen LogP contribution in [0.5, 0.6) is 0 Å². The predicted octanol–water partition coefficient (Wildman–Crippen LogP) is -1.16. The van der Waals surface area contributed by atoms with E-state index in [-0.39, 0.29) is 6.04 Å². The summed E-state index contributed by atoms with van der Waals surface area (Å²) in [7, 11) is -3.76. The summed E-state index contributed by atoms with van der Waals surface area (Å²) in [5.74, 6) is -1.26. The fourth-order valence-electron chi connectivity index (χ4n) is 0.503. The molecule has 0 fully saturated rings. The zero-order valence-corrected chi connectivity index (χ0v) is 8.09. The van der Waals surface area contributed by atoms with Gasteiger partial charge in [-0.05, 0) is 13.8 Å². The molecule has 0 heterocycles. The molecule has 7 nitrogen and oxygen atoms in total. The second-order valence-electron chi connectivity index (χ2n) is 2.54. The van der Waals surface area contributed by atoms with Crippen LogP contribution in [0.25, 0.3) is 0 Å². The van der Waals surface area contributed by atoms with Crippen LogP contribution in [-0.4, -0.2) is 32.1 Å². The summed E-state index contributed by atoms with van der Waals surface area (Å²) in [5, 5.41) is 8.11. The maximum Gasteiger partial charge on any atom is 0.331 e. The molecule has 0 saturated carbocycles. The number of carbonyl (C=O) groups is 1. The summed E-state index contributed by atoms with van der Waals surface area (Å²) in [6, 6.07) is -0.286. The van der Waals surface area contributed by atoms with E-state index in [1.807, 2.05) is 0 Å². The minimum atomic E-state index is -3.76. The van der Waals surface area contributed by atoms with Gasteiger partial charge in [-0.15, -0.1) is 0 Å². The van der Waals surface area contributed by atoms with E-state index in [9.17, 15) is 13.2 Å². The maximum atomic E-state index is 10.9. The first-order chi connectivity index (χ1) is 5.83. The summed E-state index contributed by atoms with van der Waals surface area (Å²) < 4.78 is 23.9. The van der Waals surface area contributed by atoms with Crippen molar-refractivity contribution in [3.8, 4) is 0 Å². The van der Waals surface area contributed by atoms with Gasteiger partial charge in [-0.25, -0.2) is 4.79 Å². The lowest BCUT2D eigenvalue weighted by molar-refractivity contribution is -0.143. The maximum absolute atomic E-state index is 10.9. The molecule has 3 N–H and O–H groups in total. The topological polar surface area (TPSA) is 105 Å². The van der Waals surface area contributed by atoms with Crippen LogP contribution in [0.3, 0.4) is 0 Å². The SMILES string of the molecule is CC(C)NS(=O)(=O)NOCC(=O)O. The highest BCUT2D eigenvalue weighted by Gasteiger charge is 2.11. The minimum absolute atomic E-state index is 0.286. The van der Waals surface area contributed by atoms with Gasteiger partial charge < -0.3 is 5.11 Å². The van der Waals surface area contributed by atoms with Gasteiger partial charge in [0.1, 0.15) is 0 Å². The van der Waals surface area contributed by atoms with Crippen molar-refractivity contribution in [2.45, 2.75) is 19.9 Å². The van der Waals surface area contributed by atoms with Gasteiger partial charge in [0.2, 0.25) is 0 Å². The van der Waals surface area contributed by atoms with Crippen molar-refractivity contribution in [1.82, 2.24) is 9.61 Å². The average Bonchev–Trinajstić information content (AvgIpc) is 1.81. The van der Waals surface area contributed by atoms with E-state index >= 15 is 0 Å². The van der Waals surface area contributed by atoms with Crippen LogP contribution in [0.2, 0.25) is 0 Å². The van der Waals surface area contributed by atoms with Gasteiger partial charge in [-0.3, -0.25) is 4.84 Å². The van der Waals surface area contributed by atoms with Crippen molar-refractivity contribution >= 4 is 16.2 Å². The quantitative estimate of drug-likeness (QED) is 0.481. The van der Waals surface area contributed by atoms with E-state index in [0.717, 1.165) is 0 Å². The molecule has 0 aromatic rings. The monoisotopic (exact) mass is 212 g/mol. The van der Waals surface area contributed by atoms with Crippen LogP contribution in [-0.2, 0) is 19.8 Å². The fraction of sp³-hybridized carbons (Fsp3) is 0.800. The van der Waals surface area contributed by atoms with E-state index in [1.165, 1.54) is 0 Å². The van der Waals surface area contributed by atoms with Crippen molar-refractivity contribution in [1.29, 1.82) is 0 Å². The number of nitrogens with one attached hydrogen (secondary N) is 2. The molecule has 0 rings (SSSR count). The third-order valence-corrected chi connectivity index (χ3v) is 1.87. The van der Waals surface area contributed by atoms with Crippen LogP contribution in [0.15, 0.2) is 0 Å². The highest BCUT2D eigenvalue weighted by molar-refractivity contribution is 7.87. The van der Waals surface area contributed by atoms with Crippen LogP contribution >= 0.6 is 0 Å². The molecule has 8 heteroatoms. The van der Waals surface area contributed by atoms with Gasteiger partial charge in [-0.2, -0.15) is 13.1 Å². The molecule has 0 aliphatic carbocycles. The highest BCUT2D eigenvalue weighted by Crippen LogP contribution is 1.83. The number of hydrogen-bond acceptors (Lipinski definition) is 4. The number of carboxylic acids is 1. The summed E-state index contributed by atoms with van der Waals surface area (Å²) in [6.07, 6.45) is 0. The van der Waals surface area contributed by atoms with Crippen molar-refractivity contribution in [2.75, 3.05) is 6.61 Å². The van der Waals surface area contributed by atoms with E-state index < -0.39 is 22.8 Å². The molecule has 0 spiro atoms. The average molecular weight is 212 g/mol. The fourth-order valence-corrected chi connectivity index (χ4v) is 1.39. The lowest BCUT2D eigenvalue weighted by Crippen LogP contribution is -2.40. The molecule has 0 radical (unpaired) electrons. The van der Waals surface area contributed by atoms with E-state index in [1.54, 1.807) is 18.7 Å². The molecule has 13 heavy (non-hydrogen) atoms. The van der Waals surface area contributed by atoms with Crippen LogP contribution in [0.1, 0.15) is 13.8 Å². The van der Waals surface area contributed by atoms with E-state index in [4.69, 9.17) is 5.11 Å². The molecule has 0 aliphatic rings. The summed E-state index contributed by atoms with van der Waals surface area (Å²) in [6.45, 7) is 2.52. The Bertz CT molecular complexity index is 260. The Morgan fingerprint density at radius 3 is 2.46 bits per heavy atom. The summed E-state index contributed by atoms with van der Waals surface area (Å²) in [4.78, 5) is 15.7. The molecule has 0 saturated heterocycles. The zero-order valence-electron chi connectivity index (χ0n) is 7.27. The third-order valence-electron chi connectivity index (χ3n) is 0.755. The smallest absolute Gasteiger partial charge is 0.331 e. The van der Waals surface area contributed by atoms with Gasteiger partial charge in [0.25, 0.3) is 10.2 Å². The zero-order chi connectivity index (χ0) is 10.5. The highest BCUT2D eigenvalue weighted by atomic mass is 32.2. The van der Waals surface area contributed by atoms with Gasteiger partial charge in [0.05, 0.1) is 0 Å². The predicted molar refractivity (Wildman–Crippen MR) is 43.9 cm³/mol. The van der Waals surface area contributed by atoms with Gasteiger partial charge >= 0.3 is 5.97 Å². The standard InChI is InChI=1S/C5H12N2O5S/c1-4(2)6-13(10,11)7-12-3-5(8)9/h4,6-7H,3H2,1-2H3,(H,8,9). The van der Waals surface area contributed by atoms with E-state index in [2.05, 4.69) is 9.56 Å². The van der Waals surface area contributed by atoms with E-state index in [0.29, 0.717) is 0 Å². The Balaban J connectivity index is 3.84. The Labute approximate surface area is 76.2 Å². The molecule has 0 atom stereocenters. The molecule has 78 valence electrons. The van der Waals surface area contributed by atoms with Gasteiger partial charge in [-0.1, -0.05) is 4.89 Å². The first-order valence-electron chi connectivity index (χ1n) is 3.46. The lowest BCUT2D eigenvalue weighted by Gasteiger charge is -2.09. The number of rotatable bonds is 6. The first kappa shape index (κ1) is 12.3. The van der Waals surface area contributed by atoms with Crippen LogP contribution in [0, 0.1) is 0 Å². The Morgan fingerprint density at radius 2 is 2.08 bits per heavy atom. The first-order valence-corrected chi connectivity index (χ1v) is 4.94. The Hall–Kier alpha value is -0.700. The Kier molecular flexibility index (Phi) is 4.85. The normalized spacial score (nSPS) is 11.9. The second-order valence-corrected chi connectivity index (χ2v) is 3.95. The second kappa shape index (κ2) is 5.12. The molecule has 0 amide bonds. The molecule has 0 aliphatic heterocycles. The molecular formula is C5H12N2O5S. The largest absolute Gasteiger partial charge is 0.479 e. The molecule has 0 aromatic heterocycles. The summed E-state index contributed by atoms with van der Waals surface area (Å²) in [5.41, 5.74) is 0.